The van der Waals surface area contributed by atoms with Gasteiger partial charge in [0, 0.05) is 32.0 Å². The number of imidazole rings is 1. The molecule has 0 unspecified atom stereocenters. The summed E-state index contributed by atoms with van der Waals surface area (Å²) in [4.78, 5) is 4.43. The number of ether oxygens (including phenoxy) is 1. The minimum absolute atomic E-state index is 0.00322. The van der Waals surface area contributed by atoms with Crippen molar-refractivity contribution in [1.29, 1.82) is 0 Å². The molecule has 0 amide bonds. The number of hydrogen-bond donors (Lipinski definition) is 0. The van der Waals surface area contributed by atoms with Crippen molar-refractivity contribution in [3.8, 4) is 0 Å². The van der Waals surface area contributed by atoms with Crippen LogP contribution in [0.2, 0.25) is 0 Å². The van der Waals surface area contributed by atoms with Crippen molar-refractivity contribution >= 4 is 0 Å². The standard InChI is InChI=1S/C15H23N5O/c1-3-21-12(2)15-16-8-10-19(15)11-14-18-17-13-7-5-4-6-9-20(13)14/h8,10,12H,3-7,9,11H2,1-2H3/t12-/m0/s1. The summed E-state index contributed by atoms with van der Waals surface area (Å²) in [5.41, 5.74) is 0. The summed E-state index contributed by atoms with van der Waals surface area (Å²) in [6, 6.07) is 0. The van der Waals surface area contributed by atoms with Crippen LogP contribution in [0.1, 0.15) is 56.7 Å². The SMILES string of the molecule is CCO[C@@H](C)c1nccn1Cc1nnc2n1CCCCC2. The van der Waals surface area contributed by atoms with Gasteiger partial charge in [-0.05, 0) is 26.7 Å². The molecule has 3 rings (SSSR count). The van der Waals surface area contributed by atoms with Gasteiger partial charge in [-0.25, -0.2) is 4.98 Å². The lowest BCUT2D eigenvalue weighted by Gasteiger charge is -2.14. The lowest BCUT2D eigenvalue weighted by Crippen LogP contribution is -2.14. The van der Waals surface area contributed by atoms with Gasteiger partial charge in [0.25, 0.3) is 0 Å². The molecule has 0 saturated carbocycles. The molecule has 0 aromatic carbocycles. The summed E-state index contributed by atoms with van der Waals surface area (Å²) >= 11 is 0. The van der Waals surface area contributed by atoms with Crippen LogP contribution in [-0.2, 0) is 24.2 Å². The number of aryl methyl sites for hydroxylation is 1. The molecule has 1 atom stereocenters. The Morgan fingerprint density at radius 3 is 3.05 bits per heavy atom. The van der Waals surface area contributed by atoms with Crippen molar-refractivity contribution in [2.24, 2.45) is 0 Å². The van der Waals surface area contributed by atoms with Crippen molar-refractivity contribution in [2.75, 3.05) is 6.61 Å². The Morgan fingerprint density at radius 1 is 1.29 bits per heavy atom. The van der Waals surface area contributed by atoms with Crippen LogP contribution < -0.4 is 0 Å². The lowest BCUT2D eigenvalue weighted by atomic mass is 10.2. The fourth-order valence-corrected chi connectivity index (χ4v) is 2.95. The zero-order valence-corrected chi connectivity index (χ0v) is 12.8. The van der Waals surface area contributed by atoms with Crippen LogP contribution in [0.5, 0.6) is 0 Å². The molecule has 0 bridgehead atoms. The average molecular weight is 289 g/mol. The number of aromatic nitrogens is 5. The predicted octanol–water partition coefficient (Wildman–Crippen LogP) is 2.35. The van der Waals surface area contributed by atoms with E-state index in [1.165, 1.54) is 19.3 Å². The van der Waals surface area contributed by atoms with Crippen LogP contribution in [-0.4, -0.2) is 30.9 Å². The van der Waals surface area contributed by atoms with E-state index in [-0.39, 0.29) is 6.10 Å². The van der Waals surface area contributed by atoms with E-state index < -0.39 is 0 Å². The molecular formula is C15H23N5O. The van der Waals surface area contributed by atoms with E-state index in [1.54, 1.807) is 0 Å². The summed E-state index contributed by atoms with van der Waals surface area (Å²) < 4.78 is 10.0. The van der Waals surface area contributed by atoms with E-state index in [4.69, 9.17) is 4.74 Å². The molecule has 0 N–H and O–H groups in total. The van der Waals surface area contributed by atoms with E-state index in [1.807, 2.05) is 26.2 Å². The Hall–Kier alpha value is -1.69. The average Bonchev–Trinajstić information content (AvgIpc) is 3.01. The van der Waals surface area contributed by atoms with Gasteiger partial charge >= 0.3 is 0 Å². The van der Waals surface area contributed by atoms with Gasteiger partial charge in [0.2, 0.25) is 0 Å². The van der Waals surface area contributed by atoms with E-state index in [0.29, 0.717) is 13.2 Å². The quantitative estimate of drug-likeness (QED) is 0.848. The maximum atomic E-state index is 5.65. The summed E-state index contributed by atoms with van der Waals surface area (Å²) in [7, 11) is 0. The van der Waals surface area contributed by atoms with Gasteiger partial charge in [0.15, 0.2) is 5.82 Å². The molecule has 2 aromatic heterocycles. The second-order valence-corrected chi connectivity index (χ2v) is 5.51. The molecule has 1 aliphatic rings. The molecular weight excluding hydrogens is 266 g/mol. The van der Waals surface area contributed by atoms with Crippen molar-refractivity contribution in [2.45, 2.75) is 58.7 Å². The Kier molecular flexibility index (Phi) is 4.34. The second-order valence-electron chi connectivity index (χ2n) is 5.51. The van der Waals surface area contributed by atoms with E-state index >= 15 is 0 Å². The topological polar surface area (TPSA) is 57.8 Å². The highest BCUT2D eigenvalue weighted by atomic mass is 16.5. The molecule has 3 heterocycles. The third kappa shape index (κ3) is 3.00. The molecule has 114 valence electrons. The zero-order chi connectivity index (χ0) is 14.7. The van der Waals surface area contributed by atoms with Crippen molar-refractivity contribution in [1.82, 2.24) is 24.3 Å². The summed E-state index contributed by atoms with van der Waals surface area (Å²) in [6.45, 7) is 6.46. The predicted molar refractivity (Wildman–Crippen MR) is 78.9 cm³/mol. The van der Waals surface area contributed by atoms with E-state index in [0.717, 1.165) is 30.4 Å². The normalized spacial score (nSPS) is 16.5. The monoisotopic (exact) mass is 289 g/mol. The van der Waals surface area contributed by atoms with Crippen LogP contribution in [0.15, 0.2) is 12.4 Å². The maximum Gasteiger partial charge on any atom is 0.153 e. The highest BCUT2D eigenvalue weighted by Crippen LogP contribution is 2.18. The zero-order valence-electron chi connectivity index (χ0n) is 12.8. The van der Waals surface area contributed by atoms with Gasteiger partial charge in [-0.2, -0.15) is 0 Å². The third-order valence-corrected chi connectivity index (χ3v) is 4.03. The highest BCUT2D eigenvalue weighted by molar-refractivity contribution is 5.03. The Bertz CT molecular complexity index is 589. The largest absolute Gasteiger partial charge is 0.371 e. The molecule has 0 saturated heterocycles. The fourth-order valence-electron chi connectivity index (χ4n) is 2.95. The molecule has 2 aromatic rings. The molecule has 6 nitrogen and oxygen atoms in total. The smallest absolute Gasteiger partial charge is 0.153 e. The maximum absolute atomic E-state index is 5.65. The summed E-state index contributed by atoms with van der Waals surface area (Å²) in [5.74, 6) is 3.10. The first-order valence-electron chi connectivity index (χ1n) is 7.83. The van der Waals surface area contributed by atoms with Crippen molar-refractivity contribution in [3.63, 3.8) is 0 Å². The summed E-state index contributed by atoms with van der Waals surface area (Å²) in [6.07, 6.45) is 8.56. The Balaban J connectivity index is 1.81. The second kappa shape index (κ2) is 6.39. The molecule has 1 aliphatic heterocycles. The Morgan fingerprint density at radius 2 is 2.19 bits per heavy atom. The fraction of sp³-hybridized carbons (Fsp3) is 0.667. The first-order valence-corrected chi connectivity index (χ1v) is 7.83. The number of nitrogens with zero attached hydrogens (tertiary/aromatic N) is 5. The lowest BCUT2D eigenvalue weighted by molar-refractivity contribution is 0.0676. The van der Waals surface area contributed by atoms with E-state index in [9.17, 15) is 0 Å². The number of rotatable bonds is 5. The molecule has 0 aliphatic carbocycles. The molecule has 0 fully saturated rings. The number of hydrogen-bond acceptors (Lipinski definition) is 4. The molecule has 6 heteroatoms. The van der Waals surface area contributed by atoms with Gasteiger partial charge < -0.3 is 13.9 Å². The molecule has 0 radical (unpaired) electrons. The first kappa shape index (κ1) is 14.3. The van der Waals surface area contributed by atoms with Crippen molar-refractivity contribution < 1.29 is 4.74 Å². The Labute approximate surface area is 125 Å². The first-order chi connectivity index (χ1) is 10.3. The van der Waals surface area contributed by atoms with Crippen LogP contribution in [0.3, 0.4) is 0 Å². The van der Waals surface area contributed by atoms with Crippen LogP contribution >= 0.6 is 0 Å². The van der Waals surface area contributed by atoms with Gasteiger partial charge in [-0.15, -0.1) is 10.2 Å². The van der Waals surface area contributed by atoms with Gasteiger partial charge in [-0.3, -0.25) is 0 Å². The minimum atomic E-state index is -0.00322. The van der Waals surface area contributed by atoms with Crippen LogP contribution in [0.25, 0.3) is 0 Å². The van der Waals surface area contributed by atoms with Crippen molar-refractivity contribution in [3.05, 3.63) is 29.9 Å². The van der Waals surface area contributed by atoms with Gasteiger partial charge in [0.1, 0.15) is 17.8 Å². The third-order valence-electron chi connectivity index (χ3n) is 4.03. The van der Waals surface area contributed by atoms with Crippen LogP contribution in [0.4, 0.5) is 0 Å². The highest BCUT2D eigenvalue weighted by Gasteiger charge is 2.17. The molecule has 21 heavy (non-hydrogen) atoms. The van der Waals surface area contributed by atoms with Gasteiger partial charge in [-0.1, -0.05) is 6.42 Å². The minimum Gasteiger partial charge on any atom is -0.371 e. The van der Waals surface area contributed by atoms with E-state index in [2.05, 4.69) is 24.3 Å². The number of fused-ring (bicyclic) bond motifs is 1. The summed E-state index contributed by atoms with van der Waals surface area (Å²) in [5, 5.41) is 8.74. The molecule has 0 spiro atoms. The van der Waals surface area contributed by atoms with Crippen LogP contribution in [0, 0.1) is 0 Å². The van der Waals surface area contributed by atoms with Gasteiger partial charge in [0.05, 0.1) is 6.54 Å².